The predicted molar refractivity (Wildman–Crippen MR) is 86.0 cm³/mol. The lowest BCUT2D eigenvalue weighted by Gasteiger charge is -2.16. The standard InChI is InChI=1S/C13H27N3.HI/c1-11(2)9-10-15-13(14)16-12-7-5-3-4-6-8-12;/h11-12H,3-10H2,1-2H3,(H3,14,15,16);1H. The number of hydrogen-bond acceptors (Lipinski definition) is 1. The maximum absolute atomic E-state index is 5.88. The molecule has 1 aliphatic rings. The average Bonchev–Trinajstić information content (AvgIpc) is 2.45. The highest BCUT2D eigenvalue weighted by atomic mass is 127. The molecule has 1 fully saturated rings. The van der Waals surface area contributed by atoms with Crippen molar-refractivity contribution in [2.45, 2.75) is 64.8 Å². The summed E-state index contributed by atoms with van der Waals surface area (Å²) in [6.45, 7) is 5.28. The zero-order valence-corrected chi connectivity index (χ0v) is 13.6. The molecule has 3 nitrogen and oxygen atoms in total. The van der Waals surface area contributed by atoms with Crippen LogP contribution in [0.15, 0.2) is 4.99 Å². The van der Waals surface area contributed by atoms with Gasteiger partial charge in [0, 0.05) is 12.6 Å². The van der Waals surface area contributed by atoms with Crippen molar-refractivity contribution in [3.05, 3.63) is 0 Å². The van der Waals surface area contributed by atoms with E-state index in [1.165, 1.54) is 38.5 Å². The van der Waals surface area contributed by atoms with Crippen LogP contribution in [0.4, 0.5) is 0 Å². The lowest BCUT2D eigenvalue weighted by atomic mass is 10.1. The number of hydrogen-bond donors (Lipinski definition) is 2. The largest absolute Gasteiger partial charge is 0.370 e. The highest BCUT2D eigenvalue weighted by molar-refractivity contribution is 14.0. The molecule has 0 unspecified atom stereocenters. The quantitative estimate of drug-likeness (QED) is 0.353. The first-order chi connectivity index (χ1) is 7.68. The van der Waals surface area contributed by atoms with Gasteiger partial charge in [-0.3, -0.25) is 4.99 Å². The van der Waals surface area contributed by atoms with Gasteiger partial charge in [0.2, 0.25) is 0 Å². The molecule has 1 aliphatic carbocycles. The van der Waals surface area contributed by atoms with Crippen molar-refractivity contribution in [3.8, 4) is 0 Å². The second kappa shape index (κ2) is 9.97. The fraction of sp³-hybridized carbons (Fsp3) is 0.923. The molecule has 1 rings (SSSR count). The van der Waals surface area contributed by atoms with Gasteiger partial charge >= 0.3 is 0 Å². The van der Waals surface area contributed by atoms with E-state index in [1.54, 1.807) is 0 Å². The van der Waals surface area contributed by atoms with Gasteiger partial charge in [-0.05, 0) is 25.2 Å². The van der Waals surface area contributed by atoms with E-state index in [0.717, 1.165) is 13.0 Å². The van der Waals surface area contributed by atoms with E-state index in [9.17, 15) is 0 Å². The van der Waals surface area contributed by atoms with Gasteiger partial charge in [0.1, 0.15) is 0 Å². The Morgan fingerprint density at radius 1 is 1.24 bits per heavy atom. The van der Waals surface area contributed by atoms with Gasteiger partial charge in [-0.15, -0.1) is 24.0 Å². The third-order valence-corrected chi connectivity index (χ3v) is 3.20. The third kappa shape index (κ3) is 8.69. The maximum atomic E-state index is 5.88. The molecule has 0 radical (unpaired) electrons. The first kappa shape index (κ1) is 17.0. The van der Waals surface area contributed by atoms with Crippen LogP contribution in [-0.2, 0) is 0 Å². The first-order valence-electron chi connectivity index (χ1n) is 6.75. The number of nitrogens with one attached hydrogen (secondary N) is 1. The van der Waals surface area contributed by atoms with Gasteiger partial charge in [0.05, 0.1) is 0 Å². The Bertz CT molecular complexity index is 209. The second-order valence-electron chi connectivity index (χ2n) is 5.28. The van der Waals surface area contributed by atoms with Gasteiger partial charge in [0.15, 0.2) is 5.96 Å². The first-order valence-corrected chi connectivity index (χ1v) is 6.75. The Kier molecular flexibility index (Phi) is 9.97. The van der Waals surface area contributed by atoms with Crippen LogP contribution in [0.25, 0.3) is 0 Å². The van der Waals surface area contributed by atoms with Crippen molar-refractivity contribution >= 4 is 29.9 Å². The van der Waals surface area contributed by atoms with Crippen LogP contribution >= 0.6 is 24.0 Å². The van der Waals surface area contributed by atoms with Crippen LogP contribution in [0.5, 0.6) is 0 Å². The van der Waals surface area contributed by atoms with Crippen LogP contribution < -0.4 is 11.1 Å². The summed E-state index contributed by atoms with van der Waals surface area (Å²) in [7, 11) is 0. The summed E-state index contributed by atoms with van der Waals surface area (Å²) in [6, 6.07) is 0.560. The minimum Gasteiger partial charge on any atom is -0.370 e. The molecule has 0 heterocycles. The predicted octanol–water partition coefficient (Wildman–Crippen LogP) is 3.28. The van der Waals surface area contributed by atoms with Crippen molar-refractivity contribution in [2.24, 2.45) is 16.6 Å². The number of rotatable bonds is 4. The lowest BCUT2D eigenvalue weighted by Crippen LogP contribution is -2.39. The summed E-state index contributed by atoms with van der Waals surface area (Å²) >= 11 is 0. The molecular formula is C13H28IN3. The number of nitrogens with zero attached hydrogens (tertiary/aromatic N) is 1. The number of guanidine groups is 1. The number of halogens is 1. The van der Waals surface area contributed by atoms with Crippen molar-refractivity contribution < 1.29 is 0 Å². The minimum atomic E-state index is 0. The molecule has 0 aliphatic heterocycles. The summed E-state index contributed by atoms with van der Waals surface area (Å²) in [4.78, 5) is 4.37. The fourth-order valence-corrected chi connectivity index (χ4v) is 2.12. The summed E-state index contributed by atoms with van der Waals surface area (Å²) in [6.07, 6.45) is 9.03. The van der Waals surface area contributed by atoms with E-state index in [1.807, 2.05) is 0 Å². The molecule has 0 aromatic heterocycles. The van der Waals surface area contributed by atoms with Gasteiger partial charge in [-0.2, -0.15) is 0 Å². The molecule has 3 N–H and O–H groups in total. The van der Waals surface area contributed by atoms with Crippen molar-refractivity contribution in [3.63, 3.8) is 0 Å². The molecule has 17 heavy (non-hydrogen) atoms. The summed E-state index contributed by atoms with van der Waals surface area (Å²) < 4.78 is 0. The van der Waals surface area contributed by atoms with E-state index in [-0.39, 0.29) is 24.0 Å². The van der Waals surface area contributed by atoms with E-state index >= 15 is 0 Å². The summed E-state index contributed by atoms with van der Waals surface area (Å²) in [5, 5.41) is 3.36. The molecule has 0 saturated heterocycles. The topological polar surface area (TPSA) is 50.4 Å². The minimum absolute atomic E-state index is 0. The molecule has 0 spiro atoms. The Labute approximate surface area is 123 Å². The molecule has 0 amide bonds. The Morgan fingerprint density at radius 3 is 2.35 bits per heavy atom. The number of nitrogens with two attached hydrogens (primary N) is 1. The normalized spacial score (nSPS) is 18.6. The molecule has 0 aromatic rings. The van der Waals surface area contributed by atoms with E-state index in [0.29, 0.717) is 17.9 Å². The van der Waals surface area contributed by atoms with Crippen molar-refractivity contribution in [1.29, 1.82) is 0 Å². The molecule has 0 bridgehead atoms. The second-order valence-corrected chi connectivity index (χ2v) is 5.28. The van der Waals surface area contributed by atoms with Crippen LogP contribution in [0.2, 0.25) is 0 Å². The molecule has 4 heteroatoms. The zero-order chi connectivity index (χ0) is 11.8. The number of aliphatic imine (C=N–C) groups is 1. The highest BCUT2D eigenvalue weighted by Crippen LogP contribution is 2.16. The van der Waals surface area contributed by atoms with Gasteiger partial charge in [-0.1, -0.05) is 39.5 Å². The van der Waals surface area contributed by atoms with Crippen LogP contribution in [0, 0.1) is 5.92 Å². The Balaban J connectivity index is 0.00000256. The third-order valence-electron chi connectivity index (χ3n) is 3.20. The SMILES string of the molecule is CC(C)CCN=C(N)NC1CCCCCC1.I. The van der Waals surface area contributed by atoms with E-state index in [2.05, 4.69) is 24.2 Å². The maximum Gasteiger partial charge on any atom is 0.188 e. The highest BCUT2D eigenvalue weighted by Gasteiger charge is 2.11. The summed E-state index contributed by atoms with van der Waals surface area (Å²) in [5.74, 6) is 1.35. The fourth-order valence-electron chi connectivity index (χ4n) is 2.12. The molecular weight excluding hydrogens is 325 g/mol. The Hall–Kier alpha value is 0. The Morgan fingerprint density at radius 2 is 1.82 bits per heavy atom. The summed E-state index contributed by atoms with van der Waals surface area (Å²) in [5.41, 5.74) is 5.88. The van der Waals surface area contributed by atoms with Crippen LogP contribution in [0.3, 0.4) is 0 Å². The smallest absolute Gasteiger partial charge is 0.188 e. The van der Waals surface area contributed by atoms with Crippen molar-refractivity contribution in [2.75, 3.05) is 6.54 Å². The molecule has 0 atom stereocenters. The lowest BCUT2D eigenvalue weighted by molar-refractivity contribution is 0.528. The average molecular weight is 353 g/mol. The van der Waals surface area contributed by atoms with E-state index < -0.39 is 0 Å². The van der Waals surface area contributed by atoms with Gasteiger partial charge < -0.3 is 11.1 Å². The van der Waals surface area contributed by atoms with Gasteiger partial charge in [-0.25, -0.2) is 0 Å². The van der Waals surface area contributed by atoms with Crippen molar-refractivity contribution in [1.82, 2.24) is 5.32 Å². The molecule has 0 aromatic carbocycles. The van der Waals surface area contributed by atoms with E-state index in [4.69, 9.17) is 5.73 Å². The molecule has 1 saturated carbocycles. The zero-order valence-electron chi connectivity index (χ0n) is 11.2. The monoisotopic (exact) mass is 353 g/mol. The molecule has 102 valence electrons. The van der Waals surface area contributed by atoms with Crippen LogP contribution in [-0.4, -0.2) is 18.5 Å². The van der Waals surface area contributed by atoms with Crippen LogP contribution in [0.1, 0.15) is 58.8 Å². The van der Waals surface area contributed by atoms with Gasteiger partial charge in [0.25, 0.3) is 0 Å².